The van der Waals surface area contributed by atoms with Gasteiger partial charge in [-0.1, -0.05) is 35.9 Å². The van der Waals surface area contributed by atoms with E-state index >= 15 is 0 Å². The molecule has 0 bridgehead atoms. The number of carboxylic acids is 2. The molecular weight excluding hydrogens is 400 g/mol. The topological polar surface area (TPSA) is 113 Å². The monoisotopic (exact) mass is 428 g/mol. The van der Waals surface area contributed by atoms with Crippen molar-refractivity contribution in [1.29, 1.82) is 0 Å². The Balaban J connectivity index is 0.000000501. The van der Waals surface area contributed by atoms with Crippen LogP contribution in [-0.2, 0) is 22.7 Å². The van der Waals surface area contributed by atoms with Crippen LogP contribution in [0.2, 0.25) is 0 Å². The molecule has 3 aromatic rings. The molecule has 0 radical (unpaired) electrons. The van der Waals surface area contributed by atoms with E-state index in [0.717, 1.165) is 31.4 Å². The highest BCUT2D eigenvalue weighted by atomic mass is 16.4. The number of hydrogen-bond acceptors (Lipinski definition) is 5. The predicted octanol–water partition coefficient (Wildman–Crippen LogP) is 3.28. The molecule has 0 aliphatic carbocycles. The molecule has 8 heteroatoms. The van der Waals surface area contributed by atoms with Crippen LogP contribution in [0.5, 0.6) is 0 Å². The first kappa shape index (κ1) is 23.9. The van der Waals surface area contributed by atoms with Crippen LogP contribution in [0, 0.1) is 13.8 Å². The van der Waals surface area contributed by atoms with Crippen LogP contribution >= 0.6 is 0 Å². The lowest BCUT2D eigenvalue weighted by Gasteiger charge is -2.18. The predicted molar refractivity (Wildman–Crippen MR) is 117 cm³/mol. The minimum absolute atomic E-state index is 0.259. The number of aliphatic carboxylic acids is 2. The number of oxazole rings is 1. The van der Waals surface area contributed by atoms with Crippen LogP contribution in [0.25, 0.3) is 11.1 Å². The minimum atomic E-state index is -1.82. The standard InChI is InChI=1S/C21H26N2O2.C2H2O4/c1-16-10-11-18(17(2)14-16)15-22(3)12-6-7-13-23-19-8-4-5-9-20(19)25-21(23)24;3-1(4)2(5)6/h4-5,8-11,14H,6-7,12-13,15H2,1-3H3;(H,3,4)(H,5,6). The number of carbonyl (C=O) groups is 2. The summed E-state index contributed by atoms with van der Waals surface area (Å²) in [6.45, 7) is 6.97. The van der Waals surface area contributed by atoms with E-state index in [-0.39, 0.29) is 5.76 Å². The molecule has 0 fully saturated rings. The van der Waals surface area contributed by atoms with Gasteiger partial charge in [-0.05, 0) is 63.5 Å². The second-order valence-electron chi connectivity index (χ2n) is 7.47. The lowest BCUT2D eigenvalue weighted by atomic mass is 10.1. The van der Waals surface area contributed by atoms with E-state index < -0.39 is 11.9 Å². The molecule has 166 valence electrons. The lowest BCUT2D eigenvalue weighted by Crippen LogP contribution is -2.21. The van der Waals surface area contributed by atoms with Crippen LogP contribution in [0.4, 0.5) is 0 Å². The fraction of sp³-hybridized carbons (Fsp3) is 0.348. The highest BCUT2D eigenvalue weighted by Gasteiger charge is 2.08. The Morgan fingerprint density at radius 1 is 1.03 bits per heavy atom. The number of unbranched alkanes of at least 4 members (excludes halogenated alkanes) is 1. The maximum absolute atomic E-state index is 12.0. The van der Waals surface area contributed by atoms with Crippen molar-refractivity contribution in [1.82, 2.24) is 9.47 Å². The zero-order valence-electron chi connectivity index (χ0n) is 18.0. The minimum Gasteiger partial charge on any atom is -0.473 e. The van der Waals surface area contributed by atoms with Gasteiger partial charge in [-0.25, -0.2) is 14.4 Å². The van der Waals surface area contributed by atoms with Gasteiger partial charge in [-0.15, -0.1) is 0 Å². The van der Waals surface area contributed by atoms with Crippen LogP contribution in [0.15, 0.2) is 51.7 Å². The quantitative estimate of drug-likeness (QED) is 0.439. The van der Waals surface area contributed by atoms with Crippen molar-refractivity contribution in [3.63, 3.8) is 0 Å². The first-order valence-corrected chi connectivity index (χ1v) is 9.98. The SMILES string of the molecule is Cc1ccc(CN(C)CCCCn2c(=O)oc3ccccc32)c(C)c1.O=C(O)C(=O)O. The van der Waals surface area contributed by atoms with Gasteiger partial charge in [0, 0.05) is 13.1 Å². The third-order valence-electron chi connectivity index (χ3n) is 4.87. The molecule has 2 N–H and O–H groups in total. The fourth-order valence-electron chi connectivity index (χ4n) is 3.27. The third kappa shape index (κ3) is 7.11. The summed E-state index contributed by atoms with van der Waals surface area (Å²) in [7, 11) is 2.15. The molecule has 0 amide bonds. The highest BCUT2D eigenvalue weighted by molar-refractivity contribution is 6.27. The van der Waals surface area contributed by atoms with Gasteiger partial charge < -0.3 is 19.5 Å². The van der Waals surface area contributed by atoms with Crippen LogP contribution < -0.4 is 5.76 Å². The average molecular weight is 428 g/mol. The fourth-order valence-corrected chi connectivity index (χ4v) is 3.27. The Hall–Kier alpha value is -3.39. The van der Waals surface area contributed by atoms with E-state index in [2.05, 4.69) is 44.0 Å². The molecule has 0 saturated heterocycles. The van der Waals surface area contributed by atoms with Crippen molar-refractivity contribution in [2.45, 2.75) is 39.8 Å². The lowest BCUT2D eigenvalue weighted by molar-refractivity contribution is -0.159. The van der Waals surface area contributed by atoms with Gasteiger partial charge in [0.25, 0.3) is 0 Å². The molecule has 0 aliphatic rings. The molecule has 8 nitrogen and oxygen atoms in total. The zero-order valence-corrected chi connectivity index (χ0v) is 18.0. The number of carboxylic acid groups (broad SMARTS) is 2. The zero-order chi connectivity index (χ0) is 23.0. The maximum Gasteiger partial charge on any atom is 0.419 e. The third-order valence-corrected chi connectivity index (χ3v) is 4.87. The van der Waals surface area contributed by atoms with Gasteiger partial charge in [0.2, 0.25) is 0 Å². The summed E-state index contributed by atoms with van der Waals surface area (Å²) in [5, 5.41) is 14.8. The first-order chi connectivity index (χ1) is 14.7. The van der Waals surface area contributed by atoms with E-state index in [1.54, 1.807) is 4.57 Å². The second-order valence-corrected chi connectivity index (χ2v) is 7.47. The summed E-state index contributed by atoms with van der Waals surface area (Å²) in [6, 6.07) is 14.2. The largest absolute Gasteiger partial charge is 0.473 e. The van der Waals surface area contributed by atoms with Gasteiger partial charge in [0.15, 0.2) is 5.58 Å². The van der Waals surface area contributed by atoms with Crippen molar-refractivity contribution in [2.24, 2.45) is 0 Å². The summed E-state index contributed by atoms with van der Waals surface area (Å²) < 4.78 is 7.01. The summed E-state index contributed by atoms with van der Waals surface area (Å²) in [4.78, 5) is 32.5. The van der Waals surface area contributed by atoms with Gasteiger partial charge in [0.05, 0.1) is 5.52 Å². The van der Waals surface area contributed by atoms with Crippen LogP contribution in [0.3, 0.4) is 0 Å². The van der Waals surface area contributed by atoms with Crippen molar-refractivity contribution in [3.05, 3.63) is 69.7 Å². The smallest absolute Gasteiger partial charge is 0.419 e. The Labute approximate surface area is 180 Å². The van der Waals surface area contributed by atoms with Crippen molar-refractivity contribution in [2.75, 3.05) is 13.6 Å². The Morgan fingerprint density at radius 2 is 1.71 bits per heavy atom. The van der Waals surface area contributed by atoms with E-state index in [1.807, 2.05) is 24.3 Å². The van der Waals surface area contributed by atoms with Gasteiger partial charge >= 0.3 is 17.7 Å². The number of nitrogens with zero attached hydrogens (tertiary/aromatic N) is 2. The number of hydrogen-bond donors (Lipinski definition) is 2. The van der Waals surface area contributed by atoms with Crippen LogP contribution in [-0.4, -0.2) is 45.2 Å². The molecule has 0 atom stereocenters. The number of aryl methyl sites for hydroxylation is 3. The summed E-state index contributed by atoms with van der Waals surface area (Å²) in [6.07, 6.45) is 2.01. The molecule has 0 aliphatic heterocycles. The molecule has 2 aromatic carbocycles. The highest BCUT2D eigenvalue weighted by Crippen LogP contribution is 2.14. The molecular formula is C23H28N2O6. The van der Waals surface area contributed by atoms with E-state index in [0.29, 0.717) is 12.1 Å². The summed E-state index contributed by atoms with van der Waals surface area (Å²) in [5.41, 5.74) is 5.59. The molecule has 0 saturated carbocycles. The molecule has 0 spiro atoms. The van der Waals surface area contributed by atoms with Crippen molar-refractivity contribution in [3.8, 4) is 0 Å². The van der Waals surface area contributed by atoms with E-state index in [4.69, 9.17) is 24.2 Å². The average Bonchev–Trinajstić information content (AvgIpc) is 3.03. The number of rotatable bonds is 7. The molecule has 1 heterocycles. The number of fused-ring (bicyclic) bond motifs is 1. The summed E-state index contributed by atoms with van der Waals surface area (Å²) >= 11 is 0. The van der Waals surface area contributed by atoms with E-state index in [9.17, 15) is 4.79 Å². The van der Waals surface area contributed by atoms with Crippen molar-refractivity contribution >= 4 is 23.0 Å². The van der Waals surface area contributed by atoms with Gasteiger partial charge in [0.1, 0.15) is 0 Å². The molecule has 1 aromatic heterocycles. The van der Waals surface area contributed by atoms with E-state index in [1.165, 1.54) is 16.7 Å². The Kier molecular flexibility index (Phi) is 8.57. The van der Waals surface area contributed by atoms with Crippen molar-refractivity contribution < 1.29 is 24.2 Å². The Morgan fingerprint density at radius 3 is 2.35 bits per heavy atom. The molecule has 0 unspecified atom stereocenters. The van der Waals surface area contributed by atoms with Gasteiger partial charge in [-0.3, -0.25) is 4.57 Å². The van der Waals surface area contributed by atoms with Gasteiger partial charge in [-0.2, -0.15) is 0 Å². The number of benzene rings is 2. The molecule has 3 rings (SSSR count). The summed E-state index contributed by atoms with van der Waals surface area (Å²) in [5.74, 6) is -3.91. The number of para-hydroxylation sites is 2. The normalized spacial score (nSPS) is 10.7. The first-order valence-electron chi connectivity index (χ1n) is 9.98. The molecule has 31 heavy (non-hydrogen) atoms. The number of aromatic nitrogens is 1. The second kappa shape index (κ2) is 11.1. The maximum atomic E-state index is 12.0. The Bertz CT molecular complexity index is 1090. The van der Waals surface area contributed by atoms with Crippen LogP contribution in [0.1, 0.15) is 29.5 Å².